The first-order chi connectivity index (χ1) is 11.0. The van der Waals surface area contributed by atoms with Gasteiger partial charge in [-0.15, -0.1) is 0 Å². The Morgan fingerprint density at radius 3 is 2.61 bits per heavy atom. The summed E-state index contributed by atoms with van der Waals surface area (Å²) in [7, 11) is 0. The molecule has 7 heteroatoms. The molecule has 0 spiro atoms. The van der Waals surface area contributed by atoms with E-state index < -0.39 is 5.97 Å². The van der Waals surface area contributed by atoms with E-state index in [0.29, 0.717) is 18.4 Å². The zero-order valence-electron chi connectivity index (χ0n) is 12.7. The lowest BCUT2D eigenvalue weighted by Crippen LogP contribution is -2.34. The molecule has 1 aromatic heterocycles. The van der Waals surface area contributed by atoms with Crippen molar-refractivity contribution in [3.05, 3.63) is 36.0 Å². The molecule has 1 aliphatic carbocycles. The number of nitrogens with one attached hydrogen (secondary N) is 2. The van der Waals surface area contributed by atoms with Crippen molar-refractivity contribution in [3.8, 4) is 0 Å². The lowest BCUT2D eigenvalue weighted by atomic mass is 9.93. The van der Waals surface area contributed by atoms with Gasteiger partial charge in [0.25, 0.3) is 0 Å². The summed E-state index contributed by atoms with van der Waals surface area (Å²) in [5.41, 5.74) is 0.0698. The molecule has 1 heterocycles. The fourth-order valence-electron chi connectivity index (χ4n) is 2.44. The molecule has 0 saturated heterocycles. The van der Waals surface area contributed by atoms with Gasteiger partial charge in [-0.3, -0.25) is 4.79 Å². The van der Waals surface area contributed by atoms with Gasteiger partial charge in [0.15, 0.2) is 0 Å². The molecular formula is C16H21N3O4. The SMILES string of the molecule is O=C(/C=C/CNC1CCC(O)CC1)Nc1ccc(C(=O)O)cn1. The highest BCUT2D eigenvalue weighted by Gasteiger charge is 2.17. The second-order valence-corrected chi connectivity index (χ2v) is 5.54. The number of amides is 1. The van der Waals surface area contributed by atoms with Gasteiger partial charge in [-0.1, -0.05) is 6.08 Å². The quantitative estimate of drug-likeness (QED) is 0.586. The fraction of sp³-hybridized carbons (Fsp3) is 0.438. The third-order valence-electron chi connectivity index (χ3n) is 3.75. The number of carboxylic acid groups (broad SMARTS) is 1. The largest absolute Gasteiger partial charge is 0.478 e. The van der Waals surface area contributed by atoms with E-state index in [9.17, 15) is 14.7 Å². The first kappa shape index (κ1) is 17.1. The smallest absolute Gasteiger partial charge is 0.337 e. The van der Waals surface area contributed by atoms with Crippen LogP contribution in [0.5, 0.6) is 0 Å². The summed E-state index contributed by atoms with van der Waals surface area (Å²) in [5, 5.41) is 24.1. The highest BCUT2D eigenvalue weighted by molar-refractivity contribution is 5.98. The van der Waals surface area contributed by atoms with Gasteiger partial charge < -0.3 is 20.8 Å². The van der Waals surface area contributed by atoms with E-state index in [0.717, 1.165) is 25.7 Å². The molecule has 1 aliphatic rings. The second-order valence-electron chi connectivity index (χ2n) is 5.54. The molecule has 2 rings (SSSR count). The summed E-state index contributed by atoms with van der Waals surface area (Å²) in [6, 6.07) is 3.21. The number of rotatable bonds is 6. The number of aliphatic hydroxyl groups is 1. The van der Waals surface area contributed by atoms with Crippen LogP contribution in [-0.4, -0.2) is 45.8 Å². The van der Waals surface area contributed by atoms with Gasteiger partial charge in [0, 0.05) is 24.9 Å². The van der Waals surface area contributed by atoms with Crippen LogP contribution in [0.15, 0.2) is 30.5 Å². The molecular weight excluding hydrogens is 298 g/mol. The van der Waals surface area contributed by atoms with Gasteiger partial charge in [0.2, 0.25) is 5.91 Å². The van der Waals surface area contributed by atoms with Crippen molar-refractivity contribution in [2.75, 3.05) is 11.9 Å². The predicted molar refractivity (Wildman–Crippen MR) is 85.2 cm³/mol. The zero-order chi connectivity index (χ0) is 16.7. The Kier molecular flexibility index (Phi) is 6.25. The summed E-state index contributed by atoms with van der Waals surface area (Å²) in [6.45, 7) is 0.583. The molecule has 1 saturated carbocycles. The summed E-state index contributed by atoms with van der Waals surface area (Å²) in [5.74, 6) is -1.07. The normalized spacial score (nSPS) is 21.3. The number of aromatic carboxylic acids is 1. The van der Waals surface area contributed by atoms with E-state index in [-0.39, 0.29) is 17.6 Å². The zero-order valence-corrected chi connectivity index (χ0v) is 12.7. The summed E-state index contributed by atoms with van der Waals surface area (Å²) < 4.78 is 0. The number of carbonyl (C=O) groups excluding carboxylic acids is 1. The summed E-state index contributed by atoms with van der Waals surface area (Å²) in [4.78, 5) is 26.3. The van der Waals surface area contributed by atoms with Crippen LogP contribution in [0.3, 0.4) is 0 Å². The number of carbonyl (C=O) groups is 2. The minimum Gasteiger partial charge on any atom is -0.478 e. The van der Waals surface area contributed by atoms with E-state index in [2.05, 4.69) is 15.6 Å². The number of hydrogen-bond acceptors (Lipinski definition) is 5. The molecule has 0 unspecified atom stereocenters. The van der Waals surface area contributed by atoms with E-state index in [4.69, 9.17) is 5.11 Å². The van der Waals surface area contributed by atoms with Crippen LogP contribution in [-0.2, 0) is 4.79 Å². The minimum absolute atomic E-state index is 0.0698. The van der Waals surface area contributed by atoms with Crippen LogP contribution < -0.4 is 10.6 Å². The minimum atomic E-state index is -1.06. The lowest BCUT2D eigenvalue weighted by molar-refractivity contribution is -0.111. The summed E-state index contributed by atoms with van der Waals surface area (Å²) >= 11 is 0. The molecule has 0 atom stereocenters. The third kappa shape index (κ3) is 5.80. The highest BCUT2D eigenvalue weighted by atomic mass is 16.4. The maximum absolute atomic E-state index is 11.7. The van der Waals surface area contributed by atoms with Crippen molar-refractivity contribution in [1.82, 2.24) is 10.3 Å². The van der Waals surface area contributed by atoms with Crippen molar-refractivity contribution in [2.45, 2.75) is 37.8 Å². The van der Waals surface area contributed by atoms with Crippen molar-refractivity contribution in [1.29, 1.82) is 0 Å². The molecule has 124 valence electrons. The van der Waals surface area contributed by atoms with Gasteiger partial charge in [0.05, 0.1) is 11.7 Å². The van der Waals surface area contributed by atoms with Crippen molar-refractivity contribution < 1.29 is 19.8 Å². The van der Waals surface area contributed by atoms with E-state index in [1.807, 2.05) is 0 Å². The number of hydrogen-bond donors (Lipinski definition) is 4. The third-order valence-corrected chi connectivity index (χ3v) is 3.75. The molecule has 0 bridgehead atoms. The van der Waals surface area contributed by atoms with E-state index in [1.54, 1.807) is 6.08 Å². The second kappa shape index (κ2) is 8.40. The number of nitrogens with zero attached hydrogens (tertiary/aromatic N) is 1. The van der Waals surface area contributed by atoms with Crippen molar-refractivity contribution in [2.24, 2.45) is 0 Å². The van der Waals surface area contributed by atoms with Gasteiger partial charge in [-0.05, 0) is 37.8 Å². The topological polar surface area (TPSA) is 112 Å². The van der Waals surface area contributed by atoms with Gasteiger partial charge in [-0.2, -0.15) is 0 Å². The van der Waals surface area contributed by atoms with Crippen LogP contribution in [0.1, 0.15) is 36.0 Å². The average molecular weight is 319 g/mol. The number of aromatic nitrogens is 1. The Balaban J connectivity index is 1.70. The van der Waals surface area contributed by atoms with E-state index >= 15 is 0 Å². The predicted octanol–water partition coefficient (Wildman–Crippen LogP) is 1.17. The van der Waals surface area contributed by atoms with Crippen LogP contribution in [0.2, 0.25) is 0 Å². The lowest BCUT2D eigenvalue weighted by Gasteiger charge is -2.25. The Morgan fingerprint density at radius 2 is 2.00 bits per heavy atom. The molecule has 0 aromatic carbocycles. The Hall–Kier alpha value is -2.25. The number of carboxylic acids is 1. The van der Waals surface area contributed by atoms with Gasteiger partial charge in [0.1, 0.15) is 5.82 Å². The number of pyridine rings is 1. The molecule has 7 nitrogen and oxygen atoms in total. The molecule has 4 N–H and O–H groups in total. The molecule has 23 heavy (non-hydrogen) atoms. The Morgan fingerprint density at radius 1 is 1.26 bits per heavy atom. The Bertz CT molecular complexity index is 563. The molecule has 1 fully saturated rings. The van der Waals surface area contributed by atoms with Crippen LogP contribution in [0.4, 0.5) is 5.82 Å². The van der Waals surface area contributed by atoms with Crippen molar-refractivity contribution >= 4 is 17.7 Å². The Labute approximate surface area is 134 Å². The fourth-order valence-corrected chi connectivity index (χ4v) is 2.44. The number of anilines is 1. The molecule has 1 aromatic rings. The molecule has 1 amide bonds. The van der Waals surface area contributed by atoms with Gasteiger partial charge >= 0.3 is 5.97 Å². The summed E-state index contributed by atoms with van der Waals surface area (Å²) in [6.07, 6.45) is 7.70. The van der Waals surface area contributed by atoms with Gasteiger partial charge in [-0.25, -0.2) is 9.78 Å². The number of aliphatic hydroxyl groups excluding tert-OH is 1. The van der Waals surface area contributed by atoms with Crippen LogP contribution in [0, 0.1) is 0 Å². The maximum atomic E-state index is 11.7. The monoisotopic (exact) mass is 319 g/mol. The average Bonchev–Trinajstić information content (AvgIpc) is 2.54. The van der Waals surface area contributed by atoms with Crippen molar-refractivity contribution in [3.63, 3.8) is 0 Å². The maximum Gasteiger partial charge on any atom is 0.337 e. The first-order valence-electron chi connectivity index (χ1n) is 7.63. The van der Waals surface area contributed by atoms with E-state index in [1.165, 1.54) is 24.4 Å². The molecule has 0 radical (unpaired) electrons. The molecule has 0 aliphatic heterocycles. The van der Waals surface area contributed by atoms with Crippen LogP contribution in [0.25, 0.3) is 0 Å². The highest BCUT2D eigenvalue weighted by Crippen LogP contribution is 2.17. The van der Waals surface area contributed by atoms with Crippen LogP contribution >= 0.6 is 0 Å². The standard InChI is InChI=1S/C16H21N3O4/c20-13-6-4-12(5-7-13)17-9-1-2-15(21)19-14-8-3-11(10-18-14)16(22)23/h1-3,8,10,12-13,17,20H,4-7,9H2,(H,22,23)(H,18,19,21)/b2-1+. The first-order valence-corrected chi connectivity index (χ1v) is 7.63.